The molecule has 5 nitrogen and oxygen atoms in total. The summed E-state index contributed by atoms with van der Waals surface area (Å²) < 4.78 is 8.00. The van der Waals surface area contributed by atoms with Gasteiger partial charge in [0.15, 0.2) is 11.0 Å². The SMILES string of the molecule is CCCN(CC(=O)N(C)C)c1nsnc1Cl. The first kappa shape index (κ1) is 13.2. The zero-order valence-electron chi connectivity index (χ0n) is 9.60. The highest BCUT2D eigenvalue weighted by molar-refractivity contribution is 6.99. The number of halogens is 1. The Balaban J connectivity index is 2.76. The normalized spacial score (nSPS) is 10.2. The van der Waals surface area contributed by atoms with Crippen molar-refractivity contribution in [2.24, 2.45) is 0 Å². The minimum Gasteiger partial charge on any atom is -0.347 e. The molecule has 7 heteroatoms. The average molecular weight is 263 g/mol. The lowest BCUT2D eigenvalue weighted by atomic mass is 10.4. The van der Waals surface area contributed by atoms with Gasteiger partial charge in [-0.2, -0.15) is 8.75 Å². The van der Waals surface area contributed by atoms with E-state index in [-0.39, 0.29) is 12.5 Å². The van der Waals surface area contributed by atoms with Gasteiger partial charge >= 0.3 is 0 Å². The zero-order valence-corrected chi connectivity index (χ0v) is 11.2. The number of likely N-dealkylation sites (N-methyl/N-ethyl adjacent to an activating group) is 1. The molecule has 1 amide bonds. The summed E-state index contributed by atoms with van der Waals surface area (Å²) in [6.07, 6.45) is 0.925. The maximum atomic E-state index is 11.6. The molecule has 0 aliphatic carbocycles. The fourth-order valence-electron chi connectivity index (χ4n) is 1.20. The molecule has 1 rings (SSSR count). The lowest BCUT2D eigenvalue weighted by Gasteiger charge is -2.22. The standard InChI is InChI=1S/C9H15ClN4OS/c1-4-5-14(6-7(15)13(2)3)9-8(10)11-16-12-9/h4-6H2,1-3H3. The number of nitrogens with zero attached hydrogens (tertiary/aromatic N) is 4. The quantitative estimate of drug-likeness (QED) is 0.807. The van der Waals surface area contributed by atoms with Crippen LogP contribution < -0.4 is 4.90 Å². The highest BCUT2D eigenvalue weighted by Gasteiger charge is 2.17. The minimum atomic E-state index is 0.0255. The second kappa shape index (κ2) is 6.00. The summed E-state index contributed by atoms with van der Waals surface area (Å²) in [6.45, 7) is 3.07. The predicted molar refractivity (Wildman–Crippen MR) is 66.1 cm³/mol. The van der Waals surface area contributed by atoms with Crippen molar-refractivity contribution in [3.8, 4) is 0 Å². The molecule has 0 radical (unpaired) electrons. The van der Waals surface area contributed by atoms with Crippen LogP contribution in [-0.4, -0.2) is 46.7 Å². The number of aromatic nitrogens is 2. The predicted octanol–water partition coefficient (Wildman–Crippen LogP) is 1.50. The van der Waals surface area contributed by atoms with Gasteiger partial charge in [0, 0.05) is 20.6 Å². The van der Waals surface area contributed by atoms with Gasteiger partial charge in [-0.1, -0.05) is 18.5 Å². The number of carbonyl (C=O) groups is 1. The van der Waals surface area contributed by atoms with Crippen molar-refractivity contribution in [3.63, 3.8) is 0 Å². The number of hydrogen-bond acceptors (Lipinski definition) is 5. The average Bonchev–Trinajstić information content (AvgIpc) is 2.63. The summed E-state index contributed by atoms with van der Waals surface area (Å²) in [4.78, 5) is 15.0. The van der Waals surface area contributed by atoms with Gasteiger partial charge < -0.3 is 9.80 Å². The van der Waals surface area contributed by atoms with E-state index < -0.39 is 0 Å². The van der Waals surface area contributed by atoms with E-state index in [0.717, 1.165) is 24.7 Å². The van der Waals surface area contributed by atoms with Crippen LogP contribution in [-0.2, 0) is 4.79 Å². The Hall–Kier alpha value is -0.880. The van der Waals surface area contributed by atoms with E-state index in [1.807, 2.05) is 11.8 Å². The number of amides is 1. The molecule has 0 atom stereocenters. The van der Waals surface area contributed by atoms with Gasteiger partial charge in [0.1, 0.15) is 0 Å². The molecule has 90 valence electrons. The van der Waals surface area contributed by atoms with E-state index in [9.17, 15) is 4.79 Å². The Kier molecular flexibility index (Phi) is 4.95. The summed E-state index contributed by atoms with van der Waals surface area (Å²) in [5.41, 5.74) is 0. The third-order valence-corrected chi connectivity index (χ3v) is 2.92. The van der Waals surface area contributed by atoms with E-state index in [4.69, 9.17) is 11.6 Å². The van der Waals surface area contributed by atoms with Crippen LogP contribution in [0.1, 0.15) is 13.3 Å². The van der Waals surface area contributed by atoms with Gasteiger partial charge in [-0.05, 0) is 6.42 Å². The Labute approximate surface area is 104 Å². The number of hydrogen-bond donors (Lipinski definition) is 0. The lowest BCUT2D eigenvalue weighted by Crippen LogP contribution is -2.37. The third kappa shape index (κ3) is 3.31. The molecule has 0 aliphatic heterocycles. The van der Waals surface area contributed by atoms with Gasteiger partial charge in [-0.15, -0.1) is 0 Å². The fourth-order valence-corrected chi connectivity index (χ4v) is 1.97. The van der Waals surface area contributed by atoms with Crippen molar-refractivity contribution in [1.82, 2.24) is 13.6 Å². The molecule has 0 spiro atoms. The van der Waals surface area contributed by atoms with Crippen molar-refractivity contribution >= 4 is 35.1 Å². The molecule has 1 heterocycles. The zero-order chi connectivity index (χ0) is 12.1. The highest BCUT2D eigenvalue weighted by Crippen LogP contribution is 2.22. The van der Waals surface area contributed by atoms with Crippen molar-refractivity contribution in [2.75, 3.05) is 32.1 Å². The summed E-state index contributed by atoms with van der Waals surface area (Å²) in [5.74, 6) is 0.626. The molecular formula is C9H15ClN4OS. The first-order chi connectivity index (χ1) is 7.56. The van der Waals surface area contributed by atoms with Gasteiger partial charge in [0.25, 0.3) is 0 Å². The second-order valence-electron chi connectivity index (χ2n) is 3.59. The molecule has 0 saturated carbocycles. The molecule has 16 heavy (non-hydrogen) atoms. The first-order valence-corrected chi connectivity index (χ1v) is 6.10. The summed E-state index contributed by atoms with van der Waals surface area (Å²) in [6, 6.07) is 0. The maximum absolute atomic E-state index is 11.6. The van der Waals surface area contributed by atoms with Crippen LogP contribution in [0, 0.1) is 0 Å². The first-order valence-electron chi connectivity index (χ1n) is 4.99. The van der Waals surface area contributed by atoms with Crippen molar-refractivity contribution < 1.29 is 4.79 Å². The summed E-state index contributed by atoms with van der Waals surface area (Å²) >= 11 is 6.96. The topological polar surface area (TPSA) is 49.3 Å². The van der Waals surface area contributed by atoms with Gasteiger partial charge in [0.2, 0.25) is 5.91 Å². The van der Waals surface area contributed by atoms with Crippen LogP contribution in [0.15, 0.2) is 0 Å². The van der Waals surface area contributed by atoms with Gasteiger partial charge in [-0.3, -0.25) is 4.79 Å². The van der Waals surface area contributed by atoms with Crippen LogP contribution in [0.4, 0.5) is 5.82 Å². The number of carbonyl (C=O) groups excluding carboxylic acids is 1. The fraction of sp³-hybridized carbons (Fsp3) is 0.667. The molecule has 1 aromatic heterocycles. The van der Waals surface area contributed by atoms with Crippen molar-refractivity contribution in [2.45, 2.75) is 13.3 Å². The maximum Gasteiger partial charge on any atom is 0.241 e. The van der Waals surface area contributed by atoms with Crippen LogP contribution in [0.3, 0.4) is 0 Å². The molecule has 0 N–H and O–H groups in total. The second-order valence-corrected chi connectivity index (χ2v) is 4.47. The molecule has 0 fully saturated rings. The van der Waals surface area contributed by atoms with E-state index in [0.29, 0.717) is 11.0 Å². The van der Waals surface area contributed by atoms with E-state index in [1.165, 1.54) is 0 Å². The minimum absolute atomic E-state index is 0.0255. The van der Waals surface area contributed by atoms with Crippen LogP contribution in [0.25, 0.3) is 0 Å². The Morgan fingerprint density at radius 3 is 2.56 bits per heavy atom. The Morgan fingerprint density at radius 1 is 1.44 bits per heavy atom. The van der Waals surface area contributed by atoms with Crippen LogP contribution in [0.2, 0.25) is 5.15 Å². The van der Waals surface area contributed by atoms with Crippen LogP contribution >= 0.6 is 23.3 Å². The monoisotopic (exact) mass is 262 g/mol. The lowest BCUT2D eigenvalue weighted by molar-refractivity contribution is -0.127. The van der Waals surface area contributed by atoms with Crippen molar-refractivity contribution in [1.29, 1.82) is 0 Å². The molecule has 0 saturated heterocycles. The van der Waals surface area contributed by atoms with E-state index >= 15 is 0 Å². The smallest absolute Gasteiger partial charge is 0.241 e. The largest absolute Gasteiger partial charge is 0.347 e. The molecule has 0 bridgehead atoms. The highest BCUT2D eigenvalue weighted by atomic mass is 35.5. The molecule has 1 aromatic rings. The van der Waals surface area contributed by atoms with E-state index in [2.05, 4.69) is 8.75 Å². The third-order valence-electron chi connectivity index (χ3n) is 2.05. The summed E-state index contributed by atoms with van der Waals surface area (Å²) in [7, 11) is 3.46. The Bertz CT molecular complexity index is 355. The molecular weight excluding hydrogens is 248 g/mol. The van der Waals surface area contributed by atoms with Gasteiger partial charge in [0.05, 0.1) is 18.3 Å². The molecule has 0 aromatic carbocycles. The number of anilines is 1. The molecule has 0 aliphatic rings. The van der Waals surface area contributed by atoms with E-state index in [1.54, 1.807) is 19.0 Å². The van der Waals surface area contributed by atoms with Crippen LogP contribution in [0.5, 0.6) is 0 Å². The molecule has 0 unspecified atom stereocenters. The van der Waals surface area contributed by atoms with Crippen molar-refractivity contribution in [3.05, 3.63) is 5.15 Å². The Morgan fingerprint density at radius 2 is 2.12 bits per heavy atom. The number of rotatable bonds is 5. The summed E-state index contributed by atoms with van der Waals surface area (Å²) in [5, 5.41) is 0.366. The van der Waals surface area contributed by atoms with Gasteiger partial charge in [-0.25, -0.2) is 0 Å².